The first-order chi connectivity index (χ1) is 14.3. The van der Waals surface area contributed by atoms with Gasteiger partial charge in [0, 0.05) is 17.6 Å². The van der Waals surface area contributed by atoms with Crippen LogP contribution in [0, 0.1) is 0 Å². The Morgan fingerprint density at radius 3 is 2.47 bits per heavy atom. The number of amides is 1. The molecule has 0 radical (unpaired) electrons. The van der Waals surface area contributed by atoms with E-state index in [1.807, 2.05) is 33.0 Å². The highest BCUT2D eigenvalue weighted by atomic mass is 16.6. The maximum absolute atomic E-state index is 11.9. The Morgan fingerprint density at radius 1 is 1.10 bits per heavy atom. The average Bonchev–Trinajstić information content (AvgIpc) is 2.72. The van der Waals surface area contributed by atoms with Crippen LogP contribution in [0.2, 0.25) is 0 Å². The first-order valence-electron chi connectivity index (χ1n) is 11.0. The van der Waals surface area contributed by atoms with Gasteiger partial charge in [0.05, 0.1) is 0 Å². The molecule has 0 atom stereocenters. The van der Waals surface area contributed by atoms with Crippen LogP contribution in [-0.4, -0.2) is 16.7 Å². The minimum Gasteiger partial charge on any atom is -0.444 e. The summed E-state index contributed by atoms with van der Waals surface area (Å²) in [4.78, 5) is 16.3. The van der Waals surface area contributed by atoms with Gasteiger partial charge in [-0.15, -0.1) is 0 Å². The Morgan fingerprint density at radius 2 is 1.80 bits per heavy atom. The fourth-order valence-electron chi connectivity index (χ4n) is 3.97. The second-order valence-electron chi connectivity index (χ2n) is 9.22. The molecular formula is C26H34N2O2. The van der Waals surface area contributed by atoms with E-state index in [-0.39, 0.29) is 0 Å². The smallest absolute Gasteiger partial charge is 0.411 e. The average molecular weight is 407 g/mol. The van der Waals surface area contributed by atoms with Crippen LogP contribution in [-0.2, 0) is 11.2 Å². The number of nitrogens with one attached hydrogen (secondary N) is 1. The van der Waals surface area contributed by atoms with Crippen LogP contribution in [0.3, 0.4) is 0 Å². The number of hydrogen-bond donors (Lipinski definition) is 1. The molecule has 160 valence electrons. The number of alkyl carbamates (subject to hydrolysis) is 1. The first kappa shape index (κ1) is 22.1. The number of carbonyl (C=O) groups is 1. The molecule has 3 rings (SSSR count). The predicted molar refractivity (Wildman–Crippen MR) is 122 cm³/mol. The molecular weight excluding hydrogens is 372 g/mol. The number of rotatable bonds is 6. The maximum atomic E-state index is 11.9. The molecule has 0 unspecified atom stereocenters. The van der Waals surface area contributed by atoms with E-state index in [4.69, 9.17) is 4.74 Å². The van der Waals surface area contributed by atoms with Crippen molar-refractivity contribution in [1.82, 2.24) is 10.3 Å². The van der Waals surface area contributed by atoms with E-state index in [0.29, 0.717) is 18.5 Å². The summed E-state index contributed by atoms with van der Waals surface area (Å²) in [7, 11) is 0. The van der Waals surface area contributed by atoms with Gasteiger partial charge in [-0.05, 0) is 81.2 Å². The van der Waals surface area contributed by atoms with Crippen LogP contribution < -0.4 is 5.32 Å². The van der Waals surface area contributed by atoms with Gasteiger partial charge >= 0.3 is 6.09 Å². The zero-order valence-electron chi connectivity index (χ0n) is 18.5. The van der Waals surface area contributed by atoms with Crippen molar-refractivity contribution < 1.29 is 9.53 Å². The number of allylic oxidation sites excluding steroid dienone is 1. The van der Waals surface area contributed by atoms with Crippen LogP contribution in [0.15, 0.2) is 54.9 Å². The topological polar surface area (TPSA) is 51.2 Å². The van der Waals surface area contributed by atoms with Crippen LogP contribution in [0.25, 0.3) is 11.1 Å². The van der Waals surface area contributed by atoms with Crippen molar-refractivity contribution >= 4 is 6.09 Å². The highest BCUT2D eigenvalue weighted by Crippen LogP contribution is 2.33. The van der Waals surface area contributed by atoms with Crippen molar-refractivity contribution in [2.45, 2.75) is 77.2 Å². The van der Waals surface area contributed by atoms with E-state index in [0.717, 1.165) is 11.6 Å². The van der Waals surface area contributed by atoms with E-state index in [2.05, 4.69) is 47.2 Å². The standard InChI is InChI=1S/C26H34N2O2/c1-19(28-25(29)30-26(2,3)4)10-15-24-18-23(16-17-27-24)22-13-11-21(12-14-22)20-8-6-5-7-9-20/h11-14,16-18,20H,1,5-10,15H2,2-4H3,(H,28,29). The number of aryl methyl sites for hydroxylation is 1. The van der Waals surface area contributed by atoms with Crippen molar-refractivity contribution in [1.29, 1.82) is 0 Å². The summed E-state index contributed by atoms with van der Waals surface area (Å²) >= 11 is 0. The van der Waals surface area contributed by atoms with Gasteiger partial charge in [-0.25, -0.2) is 4.79 Å². The minimum absolute atomic E-state index is 0.465. The first-order valence-corrected chi connectivity index (χ1v) is 11.0. The van der Waals surface area contributed by atoms with E-state index in [1.54, 1.807) is 0 Å². The summed E-state index contributed by atoms with van der Waals surface area (Å²) in [5.74, 6) is 0.726. The summed E-state index contributed by atoms with van der Waals surface area (Å²) in [6.07, 6.45) is 9.45. The molecule has 1 aliphatic rings. The lowest BCUT2D eigenvalue weighted by molar-refractivity contribution is 0.0544. The van der Waals surface area contributed by atoms with Crippen LogP contribution in [0.1, 0.15) is 76.5 Å². The molecule has 4 nitrogen and oxygen atoms in total. The molecule has 0 spiro atoms. The third-order valence-electron chi connectivity index (χ3n) is 5.50. The molecule has 1 saturated carbocycles. The highest BCUT2D eigenvalue weighted by Gasteiger charge is 2.17. The normalized spacial score (nSPS) is 14.9. The molecule has 2 aromatic rings. The van der Waals surface area contributed by atoms with E-state index >= 15 is 0 Å². The second-order valence-corrected chi connectivity index (χ2v) is 9.22. The molecule has 1 aromatic heterocycles. The Bertz CT molecular complexity index is 859. The largest absolute Gasteiger partial charge is 0.444 e. The summed E-state index contributed by atoms with van der Waals surface area (Å²) in [6, 6.07) is 13.2. The Hall–Kier alpha value is -2.62. The molecule has 0 saturated heterocycles. The SMILES string of the molecule is C=C(CCc1cc(-c2ccc(C3CCCCC3)cc2)ccn1)NC(=O)OC(C)(C)C. The number of pyridine rings is 1. The van der Waals surface area contributed by atoms with Gasteiger partial charge in [-0.3, -0.25) is 10.3 Å². The zero-order chi connectivity index (χ0) is 21.6. The molecule has 30 heavy (non-hydrogen) atoms. The Labute approximate surface area is 180 Å². The molecule has 1 fully saturated rings. The fraction of sp³-hybridized carbons (Fsp3) is 0.462. The lowest BCUT2D eigenvalue weighted by Gasteiger charge is -2.22. The van der Waals surface area contributed by atoms with Gasteiger partial charge in [-0.1, -0.05) is 50.1 Å². The number of hydrogen-bond acceptors (Lipinski definition) is 3. The van der Waals surface area contributed by atoms with Gasteiger partial charge in [-0.2, -0.15) is 0 Å². The third-order valence-corrected chi connectivity index (χ3v) is 5.50. The summed E-state index contributed by atoms with van der Waals surface area (Å²) in [6.45, 7) is 9.45. The highest BCUT2D eigenvalue weighted by molar-refractivity contribution is 5.69. The van der Waals surface area contributed by atoms with E-state index in [1.165, 1.54) is 48.8 Å². The van der Waals surface area contributed by atoms with Crippen molar-refractivity contribution in [2.24, 2.45) is 0 Å². The quantitative estimate of drug-likeness (QED) is 0.576. The third kappa shape index (κ3) is 6.72. The Balaban J connectivity index is 1.56. The summed E-state index contributed by atoms with van der Waals surface area (Å²) < 4.78 is 5.26. The number of carbonyl (C=O) groups excluding carboxylic acids is 1. The van der Waals surface area contributed by atoms with Gasteiger partial charge in [0.25, 0.3) is 0 Å². The van der Waals surface area contributed by atoms with Gasteiger partial charge in [0.2, 0.25) is 0 Å². The van der Waals surface area contributed by atoms with Crippen LogP contribution in [0.4, 0.5) is 4.79 Å². The lowest BCUT2D eigenvalue weighted by atomic mass is 9.84. The molecule has 1 aliphatic carbocycles. The molecule has 1 heterocycles. The Kier molecular flexibility index (Phi) is 7.30. The maximum Gasteiger partial charge on any atom is 0.411 e. The number of nitrogens with zero attached hydrogens (tertiary/aromatic N) is 1. The molecule has 4 heteroatoms. The van der Waals surface area contributed by atoms with Gasteiger partial charge in [0.15, 0.2) is 0 Å². The molecule has 1 amide bonds. The number of aromatic nitrogens is 1. The fourth-order valence-corrected chi connectivity index (χ4v) is 3.97. The predicted octanol–water partition coefficient (Wildman–Crippen LogP) is 6.77. The van der Waals surface area contributed by atoms with Gasteiger partial charge in [0.1, 0.15) is 5.60 Å². The minimum atomic E-state index is -0.521. The molecule has 0 bridgehead atoms. The number of ether oxygens (including phenoxy) is 1. The molecule has 0 aliphatic heterocycles. The van der Waals surface area contributed by atoms with Crippen LogP contribution >= 0.6 is 0 Å². The van der Waals surface area contributed by atoms with Crippen molar-refractivity contribution in [3.63, 3.8) is 0 Å². The summed E-state index contributed by atoms with van der Waals surface area (Å²) in [5, 5.41) is 2.71. The molecule has 1 N–H and O–H groups in total. The monoisotopic (exact) mass is 406 g/mol. The van der Waals surface area contributed by atoms with Crippen molar-refractivity contribution in [3.8, 4) is 11.1 Å². The van der Waals surface area contributed by atoms with Crippen molar-refractivity contribution in [2.75, 3.05) is 0 Å². The zero-order valence-corrected chi connectivity index (χ0v) is 18.5. The molecule has 1 aromatic carbocycles. The van der Waals surface area contributed by atoms with Gasteiger partial charge < -0.3 is 4.74 Å². The van der Waals surface area contributed by atoms with Crippen LogP contribution in [0.5, 0.6) is 0 Å². The summed E-state index contributed by atoms with van der Waals surface area (Å²) in [5.41, 5.74) is 4.94. The van der Waals surface area contributed by atoms with Crippen molar-refractivity contribution in [3.05, 3.63) is 66.1 Å². The lowest BCUT2D eigenvalue weighted by Crippen LogP contribution is -2.31. The number of benzene rings is 1. The van der Waals surface area contributed by atoms with E-state index < -0.39 is 11.7 Å². The second kappa shape index (κ2) is 9.92. The van der Waals surface area contributed by atoms with E-state index in [9.17, 15) is 4.79 Å².